The molecule has 0 saturated carbocycles. The first kappa shape index (κ1) is 24.7. The zero-order valence-electron chi connectivity index (χ0n) is 19.0. The first-order chi connectivity index (χ1) is 16.7. The van der Waals surface area contributed by atoms with Gasteiger partial charge in [-0.1, -0.05) is 29.5 Å². The van der Waals surface area contributed by atoms with Gasteiger partial charge in [0.25, 0.3) is 5.56 Å². The van der Waals surface area contributed by atoms with Gasteiger partial charge in [-0.25, -0.2) is 14.2 Å². The molecule has 2 aromatic carbocycles. The summed E-state index contributed by atoms with van der Waals surface area (Å²) in [6, 6.07) is 9.90. The molecule has 1 atom stereocenters. The minimum absolute atomic E-state index is 0.161. The fraction of sp³-hybridized carbons (Fsp3) is 0.200. The Morgan fingerprint density at radius 1 is 1.23 bits per heavy atom. The third kappa shape index (κ3) is 5.03. The Hall–Kier alpha value is -3.37. The largest absolute Gasteiger partial charge is 0.463 e. The van der Waals surface area contributed by atoms with Gasteiger partial charge < -0.3 is 9.47 Å². The number of fused-ring (bicyclic) bond motifs is 1. The number of carbonyl (C=O) groups is 2. The van der Waals surface area contributed by atoms with E-state index in [1.807, 2.05) is 0 Å². The Morgan fingerprint density at radius 3 is 2.57 bits per heavy atom. The van der Waals surface area contributed by atoms with E-state index >= 15 is 0 Å². The molecule has 10 heteroatoms. The average molecular weight is 559 g/mol. The van der Waals surface area contributed by atoms with Crippen LogP contribution in [0.25, 0.3) is 6.08 Å². The lowest BCUT2D eigenvalue weighted by Crippen LogP contribution is -2.39. The van der Waals surface area contributed by atoms with Gasteiger partial charge in [-0.3, -0.25) is 14.2 Å². The van der Waals surface area contributed by atoms with Crippen LogP contribution in [0.5, 0.6) is 5.75 Å². The fourth-order valence-electron chi connectivity index (χ4n) is 3.75. The van der Waals surface area contributed by atoms with Crippen molar-refractivity contribution >= 4 is 45.3 Å². The van der Waals surface area contributed by atoms with Crippen LogP contribution in [0, 0.1) is 5.82 Å². The molecule has 0 amide bonds. The average Bonchev–Trinajstić information content (AvgIpc) is 3.09. The molecule has 0 radical (unpaired) electrons. The minimum Gasteiger partial charge on any atom is -0.463 e. The molecule has 0 aliphatic carbocycles. The first-order valence-corrected chi connectivity index (χ1v) is 12.2. The summed E-state index contributed by atoms with van der Waals surface area (Å²) in [5.74, 6) is -1.09. The standard InChI is InChI=1S/C25H20BrFN2O5S/c1-4-33-24(32)21-13(2)28-25-29(22(21)16-6-8-17(27)9-7-16)23(31)20(35-25)12-15-5-10-19(18(26)11-15)34-14(3)30/h5-12,22H,4H2,1-3H3/b20-12-/t22-/m1/s1. The van der Waals surface area contributed by atoms with Crippen molar-refractivity contribution in [1.29, 1.82) is 0 Å². The van der Waals surface area contributed by atoms with E-state index < -0.39 is 23.8 Å². The lowest BCUT2D eigenvalue weighted by atomic mass is 9.96. The van der Waals surface area contributed by atoms with Gasteiger partial charge in [-0.2, -0.15) is 0 Å². The third-order valence-corrected chi connectivity index (χ3v) is 6.81. The third-order valence-electron chi connectivity index (χ3n) is 5.21. The van der Waals surface area contributed by atoms with Gasteiger partial charge in [0.15, 0.2) is 4.80 Å². The lowest BCUT2D eigenvalue weighted by Gasteiger charge is -2.24. The van der Waals surface area contributed by atoms with Crippen LogP contribution in [-0.2, 0) is 14.3 Å². The summed E-state index contributed by atoms with van der Waals surface area (Å²) < 4.78 is 26.4. The quantitative estimate of drug-likeness (QED) is 0.352. The second kappa shape index (κ2) is 10.1. The molecule has 3 aromatic rings. The number of benzene rings is 2. The molecule has 35 heavy (non-hydrogen) atoms. The number of allylic oxidation sites excluding steroid dienone is 1. The molecular formula is C25H20BrFN2O5S. The van der Waals surface area contributed by atoms with Crippen molar-refractivity contribution in [2.45, 2.75) is 26.8 Å². The summed E-state index contributed by atoms with van der Waals surface area (Å²) in [6.45, 7) is 4.85. The van der Waals surface area contributed by atoms with Crippen molar-refractivity contribution in [3.8, 4) is 5.75 Å². The van der Waals surface area contributed by atoms with Crippen LogP contribution >= 0.6 is 27.3 Å². The summed E-state index contributed by atoms with van der Waals surface area (Å²) in [7, 11) is 0. The number of halogens is 2. The van der Waals surface area contributed by atoms with Gasteiger partial charge in [-0.05, 0) is 71.2 Å². The van der Waals surface area contributed by atoms with Crippen molar-refractivity contribution in [2.75, 3.05) is 6.61 Å². The van der Waals surface area contributed by atoms with Gasteiger partial charge >= 0.3 is 11.9 Å². The minimum atomic E-state index is -0.814. The summed E-state index contributed by atoms with van der Waals surface area (Å²) in [5, 5.41) is 0. The molecule has 0 saturated heterocycles. The van der Waals surface area contributed by atoms with E-state index in [0.717, 1.165) is 0 Å². The number of carbonyl (C=O) groups excluding carboxylic acids is 2. The van der Waals surface area contributed by atoms with Crippen molar-refractivity contribution in [3.05, 3.63) is 94.8 Å². The van der Waals surface area contributed by atoms with E-state index in [0.29, 0.717) is 36.4 Å². The van der Waals surface area contributed by atoms with Gasteiger partial charge in [0.05, 0.1) is 32.9 Å². The molecule has 0 bridgehead atoms. The Kier molecular flexibility index (Phi) is 7.13. The number of hydrogen-bond donors (Lipinski definition) is 0. The van der Waals surface area contributed by atoms with Crippen molar-refractivity contribution in [1.82, 2.24) is 4.57 Å². The molecule has 0 unspecified atom stereocenters. The van der Waals surface area contributed by atoms with Crippen LogP contribution < -0.4 is 19.6 Å². The van der Waals surface area contributed by atoms with Crippen LogP contribution in [0.1, 0.15) is 37.9 Å². The van der Waals surface area contributed by atoms with Crippen molar-refractivity contribution < 1.29 is 23.5 Å². The maximum absolute atomic E-state index is 13.6. The molecule has 1 aliphatic heterocycles. The predicted molar refractivity (Wildman–Crippen MR) is 132 cm³/mol. The molecule has 1 aliphatic rings. The van der Waals surface area contributed by atoms with E-state index in [9.17, 15) is 18.8 Å². The van der Waals surface area contributed by atoms with E-state index in [1.54, 1.807) is 50.3 Å². The molecular weight excluding hydrogens is 539 g/mol. The smallest absolute Gasteiger partial charge is 0.338 e. The topological polar surface area (TPSA) is 87.0 Å². The highest BCUT2D eigenvalue weighted by molar-refractivity contribution is 9.10. The van der Waals surface area contributed by atoms with Crippen molar-refractivity contribution in [2.24, 2.45) is 4.99 Å². The van der Waals surface area contributed by atoms with Gasteiger partial charge in [-0.15, -0.1) is 0 Å². The summed E-state index contributed by atoms with van der Waals surface area (Å²) in [6.07, 6.45) is 1.69. The van der Waals surface area contributed by atoms with Crippen LogP contribution in [-0.4, -0.2) is 23.1 Å². The zero-order valence-corrected chi connectivity index (χ0v) is 21.4. The van der Waals surface area contributed by atoms with Crippen LogP contribution in [0.15, 0.2) is 68.0 Å². The zero-order chi connectivity index (χ0) is 25.3. The highest BCUT2D eigenvalue weighted by Crippen LogP contribution is 2.31. The summed E-state index contributed by atoms with van der Waals surface area (Å²) in [5.41, 5.74) is 1.56. The summed E-state index contributed by atoms with van der Waals surface area (Å²) in [4.78, 5) is 42.6. The SMILES string of the molecule is CCOC(=O)C1=C(C)N=c2s/c(=C\c3ccc(OC(C)=O)c(Br)c3)c(=O)n2[C@@H]1c1ccc(F)cc1. The normalized spacial score (nSPS) is 15.5. The van der Waals surface area contributed by atoms with E-state index in [2.05, 4.69) is 20.9 Å². The van der Waals surface area contributed by atoms with Crippen LogP contribution in [0.2, 0.25) is 0 Å². The Balaban J connectivity index is 1.88. The molecule has 2 heterocycles. The molecule has 0 fully saturated rings. The molecule has 0 N–H and O–H groups in total. The Bertz CT molecular complexity index is 1540. The van der Waals surface area contributed by atoms with E-state index in [1.165, 1.54) is 35.0 Å². The van der Waals surface area contributed by atoms with E-state index in [-0.39, 0.29) is 17.7 Å². The monoisotopic (exact) mass is 558 g/mol. The second-order valence-corrected chi connectivity index (χ2v) is 9.50. The highest BCUT2D eigenvalue weighted by atomic mass is 79.9. The molecule has 1 aromatic heterocycles. The number of rotatable bonds is 5. The van der Waals surface area contributed by atoms with Gasteiger partial charge in [0.2, 0.25) is 0 Å². The van der Waals surface area contributed by atoms with Gasteiger partial charge in [0, 0.05) is 6.92 Å². The summed E-state index contributed by atoms with van der Waals surface area (Å²) >= 11 is 4.55. The van der Waals surface area contributed by atoms with Crippen LogP contribution in [0.3, 0.4) is 0 Å². The second-order valence-electron chi connectivity index (χ2n) is 7.64. The molecule has 180 valence electrons. The number of nitrogens with zero attached hydrogens (tertiary/aromatic N) is 2. The Labute approximate surface area is 212 Å². The number of esters is 2. The Morgan fingerprint density at radius 2 is 1.94 bits per heavy atom. The number of aromatic nitrogens is 1. The predicted octanol–water partition coefficient (Wildman–Crippen LogP) is 3.63. The van der Waals surface area contributed by atoms with Gasteiger partial charge in [0.1, 0.15) is 11.6 Å². The van der Waals surface area contributed by atoms with E-state index in [4.69, 9.17) is 9.47 Å². The molecule has 7 nitrogen and oxygen atoms in total. The highest BCUT2D eigenvalue weighted by Gasteiger charge is 2.33. The lowest BCUT2D eigenvalue weighted by molar-refractivity contribution is -0.139. The van der Waals surface area contributed by atoms with Crippen molar-refractivity contribution in [3.63, 3.8) is 0 Å². The number of ether oxygens (including phenoxy) is 2. The molecule has 4 rings (SSSR count). The number of thiazole rings is 1. The number of hydrogen-bond acceptors (Lipinski definition) is 7. The maximum Gasteiger partial charge on any atom is 0.338 e. The molecule has 0 spiro atoms. The fourth-order valence-corrected chi connectivity index (χ4v) is 5.27. The first-order valence-electron chi connectivity index (χ1n) is 10.6. The maximum atomic E-state index is 13.6. The van der Waals surface area contributed by atoms with Crippen LogP contribution in [0.4, 0.5) is 4.39 Å².